The van der Waals surface area contributed by atoms with E-state index in [1.54, 1.807) is 0 Å². The van der Waals surface area contributed by atoms with E-state index in [9.17, 15) is 0 Å². The number of hydrogen-bond donors (Lipinski definition) is 0. The molecule has 0 fully saturated rings. The molecule has 48 heavy (non-hydrogen) atoms. The van der Waals surface area contributed by atoms with Gasteiger partial charge in [0, 0.05) is 38.2 Å². The van der Waals surface area contributed by atoms with Gasteiger partial charge >= 0.3 is 0 Å². The van der Waals surface area contributed by atoms with Crippen molar-refractivity contribution in [2.75, 3.05) is 0 Å². The van der Waals surface area contributed by atoms with Gasteiger partial charge in [-0.3, -0.25) is 0 Å². The normalized spacial score (nSPS) is 11.8. The SMILES string of the molecule is c1ccc(-c2cccc3c4cc(-c5ccc6c(c5)c5ccccc5n6-c5cccc6ccccc56)ccc4n(-c4ccccc4)c23)cc1. The lowest BCUT2D eigenvalue weighted by atomic mass is 9.99. The summed E-state index contributed by atoms with van der Waals surface area (Å²) in [6, 6.07) is 66.2. The lowest BCUT2D eigenvalue weighted by Gasteiger charge is -2.12. The van der Waals surface area contributed by atoms with Crippen LogP contribution in [0.3, 0.4) is 0 Å². The molecule has 0 aliphatic rings. The molecule has 0 amide bonds. The number of para-hydroxylation sites is 3. The molecule has 0 unspecified atom stereocenters. The quantitative estimate of drug-likeness (QED) is 0.188. The summed E-state index contributed by atoms with van der Waals surface area (Å²) in [4.78, 5) is 0. The van der Waals surface area contributed by atoms with Gasteiger partial charge in [0.1, 0.15) is 0 Å². The maximum absolute atomic E-state index is 2.43. The van der Waals surface area contributed by atoms with Crippen LogP contribution >= 0.6 is 0 Å². The van der Waals surface area contributed by atoms with E-state index in [2.05, 4.69) is 191 Å². The van der Waals surface area contributed by atoms with E-state index in [0.717, 1.165) is 5.69 Å². The highest BCUT2D eigenvalue weighted by Gasteiger charge is 2.18. The number of aromatic nitrogens is 2. The molecule has 2 heterocycles. The van der Waals surface area contributed by atoms with Crippen LogP contribution in [-0.4, -0.2) is 9.13 Å². The zero-order chi connectivity index (χ0) is 31.6. The number of rotatable bonds is 4. The first-order valence-corrected chi connectivity index (χ1v) is 16.5. The molecule has 8 aromatic carbocycles. The fourth-order valence-electron chi connectivity index (χ4n) is 7.76. The van der Waals surface area contributed by atoms with Crippen LogP contribution in [0.15, 0.2) is 182 Å². The van der Waals surface area contributed by atoms with Crippen molar-refractivity contribution >= 4 is 54.4 Å². The van der Waals surface area contributed by atoms with E-state index in [0.29, 0.717) is 0 Å². The molecule has 2 aromatic heterocycles. The van der Waals surface area contributed by atoms with Crippen LogP contribution in [0.4, 0.5) is 0 Å². The number of fused-ring (bicyclic) bond motifs is 7. The van der Waals surface area contributed by atoms with Crippen LogP contribution in [0.2, 0.25) is 0 Å². The minimum absolute atomic E-state index is 1.16. The summed E-state index contributed by atoms with van der Waals surface area (Å²) < 4.78 is 4.86. The Morgan fingerprint density at radius 3 is 1.67 bits per heavy atom. The number of hydrogen-bond acceptors (Lipinski definition) is 0. The van der Waals surface area contributed by atoms with E-state index in [1.807, 2.05) is 0 Å². The first kappa shape index (κ1) is 26.8. The Morgan fingerprint density at radius 1 is 0.312 bits per heavy atom. The zero-order valence-electron chi connectivity index (χ0n) is 26.2. The summed E-state index contributed by atoms with van der Waals surface area (Å²) >= 11 is 0. The molecule has 0 atom stereocenters. The Morgan fingerprint density at radius 2 is 0.875 bits per heavy atom. The maximum atomic E-state index is 2.43. The van der Waals surface area contributed by atoms with E-state index >= 15 is 0 Å². The molecular formula is C46H30N2. The fraction of sp³-hybridized carbons (Fsp3) is 0. The summed E-state index contributed by atoms with van der Waals surface area (Å²) in [6.07, 6.45) is 0. The predicted molar refractivity (Wildman–Crippen MR) is 203 cm³/mol. The van der Waals surface area contributed by atoms with E-state index < -0.39 is 0 Å². The molecule has 0 saturated carbocycles. The standard InChI is InChI=1S/C46H30N2/c1-3-13-32(14-4-1)37-21-12-22-39-41-30-34(25-27-44(41)47(46(37)39)35-17-5-2-6-18-35)33-26-28-45-40(29-33)38-20-9-10-23-43(38)48(45)42-24-11-16-31-15-7-8-19-36(31)42/h1-30H. The molecule has 0 aliphatic heterocycles. The third-order valence-electron chi connectivity index (χ3n) is 9.90. The lowest BCUT2D eigenvalue weighted by molar-refractivity contribution is 1.18. The molecule has 0 bridgehead atoms. The van der Waals surface area contributed by atoms with E-state index in [-0.39, 0.29) is 0 Å². The van der Waals surface area contributed by atoms with Gasteiger partial charge in [-0.15, -0.1) is 0 Å². The molecule has 2 nitrogen and oxygen atoms in total. The van der Waals surface area contributed by atoms with Crippen molar-refractivity contribution in [2.45, 2.75) is 0 Å². The van der Waals surface area contributed by atoms with Crippen LogP contribution in [0, 0.1) is 0 Å². The predicted octanol–water partition coefficient (Wildman–Crippen LogP) is 12.4. The molecule has 0 aliphatic carbocycles. The summed E-state index contributed by atoms with van der Waals surface area (Å²) in [5, 5.41) is 7.52. The third kappa shape index (κ3) is 4.00. The summed E-state index contributed by atoms with van der Waals surface area (Å²) in [7, 11) is 0. The average Bonchev–Trinajstić information content (AvgIpc) is 3.67. The van der Waals surface area contributed by atoms with Gasteiger partial charge in [-0.2, -0.15) is 0 Å². The number of benzene rings is 8. The molecule has 224 valence electrons. The van der Waals surface area contributed by atoms with Gasteiger partial charge in [-0.05, 0) is 70.6 Å². The van der Waals surface area contributed by atoms with Gasteiger partial charge in [-0.1, -0.05) is 133 Å². The highest BCUT2D eigenvalue weighted by atomic mass is 15.0. The van der Waals surface area contributed by atoms with Gasteiger partial charge in [-0.25, -0.2) is 0 Å². The molecule has 2 heteroatoms. The topological polar surface area (TPSA) is 9.86 Å². The Hall–Kier alpha value is -6.38. The third-order valence-corrected chi connectivity index (χ3v) is 9.90. The first-order valence-electron chi connectivity index (χ1n) is 16.5. The maximum Gasteiger partial charge on any atom is 0.0619 e. The first-order chi connectivity index (χ1) is 23.8. The van der Waals surface area contributed by atoms with E-state index in [1.165, 1.54) is 82.3 Å². The van der Waals surface area contributed by atoms with Crippen LogP contribution in [0.1, 0.15) is 0 Å². The van der Waals surface area contributed by atoms with Crippen LogP contribution in [0.25, 0.3) is 88.0 Å². The van der Waals surface area contributed by atoms with Crippen molar-refractivity contribution < 1.29 is 0 Å². The smallest absolute Gasteiger partial charge is 0.0619 e. The Balaban J connectivity index is 1.21. The highest BCUT2D eigenvalue weighted by Crippen LogP contribution is 2.41. The summed E-state index contributed by atoms with van der Waals surface area (Å²) in [5.41, 5.74) is 12.1. The second-order valence-electron chi connectivity index (χ2n) is 12.6. The minimum atomic E-state index is 1.16. The zero-order valence-corrected chi connectivity index (χ0v) is 26.2. The minimum Gasteiger partial charge on any atom is -0.309 e. The van der Waals surface area contributed by atoms with Crippen LogP contribution in [0.5, 0.6) is 0 Å². The van der Waals surface area contributed by atoms with Crippen molar-refractivity contribution in [3.63, 3.8) is 0 Å². The molecule has 0 N–H and O–H groups in total. The number of nitrogens with zero attached hydrogens (tertiary/aromatic N) is 2. The average molecular weight is 611 g/mol. The highest BCUT2D eigenvalue weighted by molar-refractivity contribution is 6.15. The van der Waals surface area contributed by atoms with Gasteiger partial charge in [0.25, 0.3) is 0 Å². The molecular weight excluding hydrogens is 581 g/mol. The van der Waals surface area contributed by atoms with Gasteiger partial charge in [0.05, 0.1) is 27.8 Å². The van der Waals surface area contributed by atoms with Gasteiger partial charge in [0.2, 0.25) is 0 Å². The summed E-state index contributed by atoms with van der Waals surface area (Å²) in [5.74, 6) is 0. The van der Waals surface area contributed by atoms with Gasteiger partial charge < -0.3 is 9.13 Å². The second-order valence-corrected chi connectivity index (χ2v) is 12.6. The molecule has 10 rings (SSSR count). The molecule has 0 spiro atoms. The fourth-order valence-corrected chi connectivity index (χ4v) is 7.76. The van der Waals surface area contributed by atoms with Gasteiger partial charge in [0.15, 0.2) is 0 Å². The Labute approximate surface area is 278 Å². The Kier molecular flexibility index (Phi) is 5.91. The summed E-state index contributed by atoms with van der Waals surface area (Å²) in [6.45, 7) is 0. The van der Waals surface area contributed by atoms with Crippen molar-refractivity contribution in [2.24, 2.45) is 0 Å². The van der Waals surface area contributed by atoms with Crippen molar-refractivity contribution in [1.29, 1.82) is 0 Å². The van der Waals surface area contributed by atoms with Crippen LogP contribution in [-0.2, 0) is 0 Å². The monoisotopic (exact) mass is 610 g/mol. The molecule has 0 saturated heterocycles. The van der Waals surface area contributed by atoms with Crippen molar-refractivity contribution in [3.8, 4) is 33.6 Å². The van der Waals surface area contributed by atoms with Crippen LogP contribution < -0.4 is 0 Å². The van der Waals surface area contributed by atoms with Crippen molar-refractivity contribution in [1.82, 2.24) is 9.13 Å². The second kappa shape index (κ2) is 10.6. The van der Waals surface area contributed by atoms with Crippen molar-refractivity contribution in [3.05, 3.63) is 182 Å². The van der Waals surface area contributed by atoms with E-state index in [4.69, 9.17) is 0 Å². The lowest BCUT2D eigenvalue weighted by Crippen LogP contribution is -1.95. The Bertz CT molecular complexity index is 2810. The molecule has 0 radical (unpaired) electrons. The largest absolute Gasteiger partial charge is 0.309 e. The molecule has 10 aromatic rings.